The van der Waals surface area contributed by atoms with Gasteiger partial charge >= 0.3 is 0 Å². The first-order chi connectivity index (χ1) is 13.8. The minimum Gasteiger partial charge on any atom is -0.301 e. The Bertz CT molecular complexity index is 971. The zero-order valence-corrected chi connectivity index (χ0v) is 18.3. The zero-order chi connectivity index (χ0) is 20.9. The van der Waals surface area contributed by atoms with E-state index in [1.807, 2.05) is 51.2 Å². The minimum absolute atomic E-state index is 0.0377. The van der Waals surface area contributed by atoms with E-state index >= 15 is 0 Å². The Morgan fingerprint density at radius 2 is 1.62 bits per heavy atom. The highest BCUT2D eigenvalue weighted by Crippen LogP contribution is 2.42. The second-order valence-corrected chi connectivity index (χ2v) is 9.16. The number of amides is 2. The fraction of sp³-hybridized carbons (Fsp3) is 0.391. The monoisotopic (exact) mass is 430 g/mol. The molecule has 2 aliphatic heterocycles. The number of benzene rings is 2. The van der Waals surface area contributed by atoms with E-state index in [0.29, 0.717) is 22.2 Å². The number of halogens is 2. The average molecular weight is 431 g/mol. The number of rotatable bonds is 2. The molecule has 152 valence electrons. The summed E-state index contributed by atoms with van der Waals surface area (Å²) in [6.07, 6.45) is 0.594. The van der Waals surface area contributed by atoms with Crippen molar-refractivity contribution in [2.45, 2.75) is 32.7 Å². The van der Waals surface area contributed by atoms with Gasteiger partial charge in [-0.25, -0.2) is 4.90 Å². The molecule has 3 atom stereocenters. The molecule has 0 radical (unpaired) electrons. The molecular formula is C23H24Cl2N2O2. The molecule has 0 N–H and O–H groups in total. The largest absolute Gasteiger partial charge is 0.301 e. The van der Waals surface area contributed by atoms with Crippen molar-refractivity contribution < 1.29 is 9.59 Å². The molecule has 2 aromatic rings. The predicted octanol–water partition coefficient (Wildman–Crippen LogP) is 5.11. The third kappa shape index (κ3) is 3.58. The highest BCUT2D eigenvalue weighted by atomic mass is 35.5. The van der Waals surface area contributed by atoms with Gasteiger partial charge in [-0.2, -0.15) is 0 Å². The smallest absolute Gasteiger partial charge is 0.236 e. The van der Waals surface area contributed by atoms with Crippen LogP contribution < -0.4 is 4.90 Å². The molecule has 0 spiro atoms. The lowest BCUT2D eigenvalue weighted by Crippen LogP contribution is -2.49. The van der Waals surface area contributed by atoms with Gasteiger partial charge in [0.1, 0.15) is 0 Å². The van der Waals surface area contributed by atoms with Crippen LogP contribution in [0.2, 0.25) is 10.0 Å². The number of piperidine rings is 1. The average Bonchev–Trinajstić information content (AvgIpc) is 2.67. The molecule has 29 heavy (non-hydrogen) atoms. The highest BCUT2D eigenvalue weighted by molar-refractivity contribution is 6.35. The molecule has 6 heteroatoms. The van der Waals surface area contributed by atoms with Crippen LogP contribution in [0.5, 0.6) is 0 Å². The normalized spacial score (nSPS) is 25.3. The fourth-order valence-electron chi connectivity index (χ4n) is 4.62. The van der Waals surface area contributed by atoms with Crippen LogP contribution in [0, 0.1) is 11.8 Å². The quantitative estimate of drug-likeness (QED) is 0.621. The fourth-order valence-corrected chi connectivity index (χ4v) is 5.19. The molecule has 2 aromatic carbocycles. The van der Waals surface area contributed by atoms with Crippen molar-refractivity contribution in [2.24, 2.45) is 11.8 Å². The Hall–Kier alpha value is -1.88. The summed E-state index contributed by atoms with van der Waals surface area (Å²) in [4.78, 5) is 29.6. The number of nitrogens with zero attached hydrogens (tertiary/aromatic N) is 2. The van der Waals surface area contributed by atoms with E-state index < -0.39 is 0 Å². The molecule has 2 unspecified atom stereocenters. The van der Waals surface area contributed by atoms with Gasteiger partial charge in [0.2, 0.25) is 11.8 Å². The van der Waals surface area contributed by atoms with Crippen molar-refractivity contribution in [3.63, 3.8) is 0 Å². The molecule has 2 amide bonds. The van der Waals surface area contributed by atoms with Gasteiger partial charge in [0.15, 0.2) is 0 Å². The van der Waals surface area contributed by atoms with E-state index in [1.165, 1.54) is 4.90 Å². The Kier molecular flexibility index (Phi) is 5.45. The van der Waals surface area contributed by atoms with Crippen LogP contribution in [0.4, 0.5) is 5.69 Å². The van der Waals surface area contributed by atoms with Gasteiger partial charge in [-0.3, -0.25) is 9.59 Å². The van der Waals surface area contributed by atoms with Crippen LogP contribution in [0.1, 0.15) is 42.9 Å². The van der Waals surface area contributed by atoms with Crippen LogP contribution >= 0.6 is 23.2 Å². The van der Waals surface area contributed by atoms with E-state index in [1.54, 1.807) is 6.07 Å². The summed E-state index contributed by atoms with van der Waals surface area (Å²) in [5.41, 5.74) is 3.72. The van der Waals surface area contributed by atoms with Gasteiger partial charge < -0.3 is 4.90 Å². The summed E-state index contributed by atoms with van der Waals surface area (Å²) in [5.74, 6) is -0.658. The molecular weight excluding hydrogens is 407 g/mol. The van der Waals surface area contributed by atoms with Crippen molar-refractivity contribution in [3.05, 3.63) is 63.1 Å². The van der Waals surface area contributed by atoms with Crippen LogP contribution in [-0.2, 0) is 16.1 Å². The topological polar surface area (TPSA) is 40.6 Å². The maximum absolute atomic E-state index is 13.0. The molecule has 2 heterocycles. The summed E-state index contributed by atoms with van der Waals surface area (Å²) >= 11 is 12.8. The first-order valence-corrected chi connectivity index (χ1v) is 10.7. The van der Waals surface area contributed by atoms with E-state index in [0.717, 1.165) is 29.8 Å². The number of likely N-dealkylation sites (N-methyl/N-ethyl adjacent to an activating group) is 1. The number of para-hydroxylation sites is 1. The first kappa shape index (κ1) is 20.4. The molecule has 0 saturated carbocycles. The minimum atomic E-state index is -0.180. The lowest BCUT2D eigenvalue weighted by atomic mass is 9.82. The summed E-state index contributed by atoms with van der Waals surface area (Å²) < 4.78 is 0. The van der Waals surface area contributed by atoms with Gasteiger partial charge in [-0.1, -0.05) is 55.2 Å². The lowest BCUT2D eigenvalue weighted by molar-refractivity contribution is -0.134. The van der Waals surface area contributed by atoms with E-state index in [9.17, 15) is 9.59 Å². The van der Waals surface area contributed by atoms with Crippen molar-refractivity contribution in [2.75, 3.05) is 18.5 Å². The van der Waals surface area contributed by atoms with Crippen LogP contribution in [0.25, 0.3) is 0 Å². The number of hydrogen-bond donors (Lipinski definition) is 0. The van der Waals surface area contributed by atoms with Gasteiger partial charge in [-0.05, 0) is 48.4 Å². The van der Waals surface area contributed by atoms with Crippen molar-refractivity contribution in [3.8, 4) is 0 Å². The predicted molar refractivity (Wildman–Crippen MR) is 117 cm³/mol. The molecule has 4 rings (SSSR count). The van der Waals surface area contributed by atoms with Crippen LogP contribution in [0.15, 0.2) is 36.4 Å². The maximum Gasteiger partial charge on any atom is 0.236 e. The Balaban J connectivity index is 1.87. The molecule has 4 nitrogen and oxygen atoms in total. The molecule has 0 bridgehead atoms. The third-order valence-corrected chi connectivity index (χ3v) is 6.59. The molecule has 1 fully saturated rings. The summed E-state index contributed by atoms with van der Waals surface area (Å²) in [7, 11) is 2.05. The van der Waals surface area contributed by atoms with Gasteiger partial charge in [0.05, 0.1) is 5.69 Å². The molecule has 0 aliphatic carbocycles. The molecule has 2 aliphatic rings. The number of imide groups is 1. The second-order valence-electron chi connectivity index (χ2n) is 8.31. The maximum atomic E-state index is 13.0. The van der Waals surface area contributed by atoms with Crippen LogP contribution in [-0.4, -0.2) is 30.3 Å². The Labute approximate surface area is 181 Å². The van der Waals surface area contributed by atoms with E-state index in [4.69, 9.17) is 23.2 Å². The van der Waals surface area contributed by atoms with Gasteiger partial charge in [-0.15, -0.1) is 0 Å². The summed E-state index contributed by atoms with van der Waals surface area (Å²) in [6, 6.07) is 11.4. The molecule has 0 aromatic heterocycles. The third-order valence-electron chi connectivity index (χ3n) is 6.04. The summed E-state index contributed by atoms with van der Waals surface area (Å²) in [5, 5.41) is 1.24. The number of carbonyl (C=O) groups excluding carboxylic acids is 2. The van der Waals surface area contributed by atoms with Crippen molar-refractivity contribution in [1.82, 2.24) is 4.90 Å². The van der Waals surface area contributed by atoms with Crippen LogP contribution in [0.3, 0.4) is 0 Å². The number of carbonyl (C=O) groups is 2. The standard InChI is InChI=1S/C23H24Cl2N2O2/c1-13-8-14(2)23(29)27(22(13)28)21-7-5-4-6-16(21)18-11-26(3)12-19-17(18)9-15(24)10-20(19)25/h4-7,9-10,13-14,18H,8,11-12H2,1-3H3/t13?,14?,18-/m0/s1. The highest BCUT2D eigenvalue weighted by Gasteiger charge is 2.39. The van der Waals surface area contributed by atoms with E-state index in [2.05, 4.69) is 4.90 Å². The summed E-state index contributed by atoms with van der Waals surface area (Å²) in [6.45, 7) is 5.27. The zero-order valence-electron chi connectivity index (χ0n) is 16.8. The number of fused-ring (bicyclic) bond motifs is 1. The SMILES string of the molecule is CC1CC(C)C(=O)N(c2ccccc2[C@@H]2CN(C)Cc3c(Cl)cc(Cl)cc32)C1=O. The Morgan fingerprint density at radius 1 is 0.966 bits per heavy atom. The lowest BCUT2D eigenvalue weighted by Gasteiger charge is -2.37. The van der Waals surface area contributed by atoms with E-state index in [-0.39, 0.29) is 29.6 Å². The number of hydrogen-bond acceptors (Lipinski definition) is 3. The molecule has 1 saturated heterocycles. The Morgan fingerprint density at radius 3 is 2.31 bits per heavy atom. The second kappa shape index (κ2) is 7.75. The number of anilines is 1. The van der Waals surface area contributed by atoms with Crippen molar-refractivity contribution >= 4 is 40.7 Å². The first-order valence-electron chi connectivity index (χ1n) is 9.91. The van der Waals surface area contributed by atoms with Gasteiger partial charge in [0, 0.05) is 40.9 Å². The van der Waals surface area contributed by atoms with Gasteiger partial charge in [0.25, 0.3) is 0 Å². The van der Waals surface area contributed by atoms with Crippen molar-refractivity contribution in [1.29, 1.82) is 0 Å².